The fourth-order valence-electron chi connectivity index (χ4n) is 3.20. The molecule has 3 aromatic rings. The molecule has 0 saturated carbocycles. The number of aromatic amines is 1. The van der Waals surface area contributed by atoms with Crippen LogP contribution in [0.1, 0.15) is 29.6 Å². The van der Waals surface area contributed by atoms with Gasteiger partial charge in [0.05, 0.1) is 23.9 Å². The van der Waals surface area contributed by atoms with Crippen LogP contribution in [0.25, 0.3) is 17.1 Å². The molecule has 3 aromatic heterocycles. The van der Waals surface area contributed by atoms with Crippen molar-refractivity contribution in [2.75, 3.05) is 13.7 Å². The first kappa shape index (κ1) is 18.9. The van der Waals surface area contributed by atoms with E-state index in [1.165, 1.54) is 24.1 Å². The minimum Gasteiger partial charge on any atom is -0.481 e. The van der Waals surface area contributed by atoms with E-state index in [1.807, 2.05) is 0 Å². The molecule has 9 nitrogen and oxygen atoms in total. The molecule has 0 aliphatic carbocycles. The standard InChI is InChI=1S/C20H21N5O4/c1-28-20-14(5-4-9-21-20)15-11-18(26)25(24-15)16-8-7-13(12-22-16)19(27)23-17-6-2-3-10-29-17/h4-5,7-9,11-12,17,24H,2-3,6,10H2,1H3,(H,23,27). The number of pyridine rings is 2. The molecule has 1 amide bonds. The number of carbonyl (C=O) groups excluding carboxylic acids is 1. The lowest BCUT2D eigenvalue weighted by atomic mass is 10.2. The fraction of sp³-hybridized carbons (Fsp3) is 0.300. The first-order chi connectivity index (χ1) is 14.2. The van der Waals surface area contributed by atoms with Crippen LogP contribution in [0.15, 0.2) is 47.5 Å². The molecule has 1 unspecified atom stereocenters. The summed E-state index contributed by atoms with van der Waals surface area (Å²) >= 11 is 0. The lowest BCUT2D eigenvalue weighted by Crippen LogP contribution is -2.39. The highest BCUT2D eigenvalue weighted by Crippen LogP contribution is 2.25. The van der Waals surface area contributed by atoms with Crippen LogP contribution in [0.5, 0.6) is 5.88 Å². The highest BCUT2D eigenvalue weighted by molar-refractivity contribution is 5.94. The van der Waals surface area contributed by atoms with Gasteiger partial charge in [0.25, 0.3) is 11.5 Å². The van der Waals surface area contributed by atoms with Gasteiger partial charge in [-0.05, 0) is 43.5 Å². The van der Waals surface area contributed by atoms with Gasteiger partial charge in [-0.3, -0.25) is 14.7 Å². The quantitative estimate of drug-likeness (QED) is 0.682. The predicted molar refractivity (Wildman–Crippen MR) is 105 cm³/mol. The molecule has 4 heterocycles. The average molecular weight is 395 g/mol. The van der Waals surface area contributed by atoms with E-state index in [2.05, 4.69) is 20.4 Å². The summed E-state index contributed by atoms with van der Waals surface area (Å²) in [5.74, 6) is 0.524. The Labute approximate surface area is 166 Å². The number of nitrogens with zero attached hydrogens (tertiary/aromatic N) is 3. The van der Waals surface area contributed by atoms with Crippen LogP contribution >= 0.6 is 0 Å². The average Bonchev–Trinajstić information content (AvgIpc) is 3.16. The normalized spacial score (nSPS) is 16.4. The van der Waals surface area contributed by atoms with Gasteiger partial charge in [-0.1, -0.05) is 0 Å². The second kappa shape index (κ2) is 8.27. The van der Waals surface area contributed by atoms with Gasteiger partial charge < -0.3 is 14.8 Å². The maximum atomic E-state index is 12.4. The third kappa shape index (κ3) is 4.04. The Hall–Kier alpha value is -3.46. The molecule has 9 heteroatoms. The molecular weight excluding hydrogens is 374 g/mol. The number of carbonyl (C=O) groups is 1. The number of ether oxygens (including phenoxy) is 2. The van der Waals surface area contributed by atoms with Gasteiger partial charge in [-0.25, -0.2) is 14.6 Å². The second-order valence-electron chi connectivity index (χ2n) is 6.64. The predicted octanol–water partition coefficient (Wildman–Crippen LogP) is 1.89. The van der Waals surface area contributed by atoms with Gasteiger partial charge in [0.15, 0.2) is 5.82 Å². The Bertz CT molecular complexity index is 1050. The molecule has 0 radical (unpaired) electrons. The number of nitrogens with one attached hydrogen (secondary N) is 2. The van der Waals surface area contributed by atoms with Crippen LogP contribution in [-0.2, 0) is 4.74 Å². The SMILES string of the molecule is COc1ncccc1-c1cc(=O)n(-c2ccc(C(=O)NC3CCCCO3)cn2)[nH]1. The van der Waals surface area contributed by atoms with Gasteiger partial charge >= 0.3 is 0 Å². The minimum atomic E-state index is -0.286. The van der Waals surface area contributed by atoms with Crippen LogP contribution < -0.4 is 15.6 Å². The van der Waals surface area contributed by atoms with Gasteiger partial charge in [-0.2, -0.15) is 0 Å². The van der Waals surface area contributed by atoms with Crippen molar-refractivity contribution >= 4 is 5.91 Å². The van der Waals surface area contributed by atoms with Crippen molar-refractivity contribution in [1.29, 1.82) is 0 Å². The zero-order chi connectivity index (χ0) is 20.2. The first-order valence-corrected chi connectivity index (χ1v) is 9.36. The number of hydrogen-bond donors (Lipinski definition) is 2. The Kier molecular flexibility index (Phi) is 5.39. The summed E-state index contributed by atoms with van der Waals surface area (Å²) in [5.41, 5.74) is 1.33. The van der Waals surface area contributed by atoms with E-state index >= 15 is 0 Å². The van der Waals surface area contributed by atoms with Gasteiger partial charge in [0.2, 0.25) is 5.88 Å². The number of H-pyrrole nitrogens is 1. The van der Waals surface area contributed by atoms with Crippen LogP contribution in [0.2, 0.25) is 0 Å². The van der Waals surface area contributed by atoms with E-state index in [-0.39, 0.29) is 17.7 Å². The van der Waals surface area contributed by atoms with E-state index < -0.39 is 0 Å². The number of aromatic nitrogens is 4. The molecule has 1 aliphatic rings. The third-order valence-corrected chi connectivity index (χ3v) is 4.69. The number of amides is 1. The lowest BCUT2D eigenvalue weighted by molar-refractivity contribution is -0.00266. The molecule has 29 heavy (non-hydrogen) atoms. The number of hydrogen-bond acceptors (Lipinski definition) is 6. The Morgan fingerprint density at radius 3 is 2.93 bits per heavy atom. The van der Waals surface area contributed by atoms with E-state index in [0.29, 0.717) is 35.1 Å². The van der Waals surface area contributed by atoms with Gasteiger partial charge in [0.1, 0.15) is 6.23 Å². The zero-order valence-corrected chi connectivity index (χ0v) is 15.9. The van der Waals surface area contributed by atoms with Gasteiger partial charge in [-0.15, -0.1) is 0 Å². The molecule has 150 valence electrons. The zero-order valence-electron chi connectivity index (χ0n) is 15.9. The third-order valence-electron chi connectivity index (χ3n) is 4.69. The monoisotopic (exact) mass is 395 g/mol. The summed E-state index contributed by atoms with van der Waals surface area (Å²) < 4.78 is 12.1. The van der Waals surface area contributed by atoms with E-state index in [9.17, 15) is 9.59 Å². The first-order valence-electron chi connectivity index (χ1n) is 9.36. The van der Waals surface area contributed by atoms with E-state index in [0.717, 1.165) is 19.3 Å². The summed E-state index contributed by atoms with van der Waals surface area (Å²) in [6.07, 6.45) is 5.63. The van der Waals surface area contributed by atoms with Crippen molar-refractivity contribution in [1.82, 2.24) is 25.1 Å². The molecule has 1 saturated heterocycles. The van der Waals surface area contributed by atoms with Crippen molar-refractivity contribution in [3.63, 3.8) is 0 Å². The topological polar surface area (TPSA) is 111 Å². The van der Waals surface area contributed by atoms with Crippen molar-refractivity contribution in [2.45, 2.75) is 25.5 Å². The Balaban J connectivity index is 1.54. The van der Waals surface area contributed by atoms with Crippen LogP contribution in [0.4, 0.5) is 0 Å². The molecule has 0 aromatic carbocycles. The van der Waals surface area contributed by atoms with E-state index in [1.54, 1.807) is 30.5 Å². The van der Waals surface area contributed by atoms with Crippen molar-refractivity contribution in [2.24, 2.45) is 0 Å². The molecule has 1 fully saturated rings. The maximum absolute atomic E-state index is 12.4. The van der Waals surface area contributed by atoms with Crippen molar-refractivity contribution in [3.8, 4) is 23.0 Å². The molecule has 4 rings (SSSR count). The summed E-state index contributed by atoms with van der Waals surface area (Å²) in [5, 5.41) is 5.85. The summed E-state index contributed by atoms with van der Waals surface area (Å²) in [4.78, 5) is 33.2. The van der Waals surface area contributed by atoms with Crippen LogP contribution in [0.3, 0.4) is 0 Å². The van der Waals surface area contributed by atoms with E-state index in [4.69, 9.17) is 9.47 Å². The molecular formula is C20H21N5O4. The number of rotatable bonds is 5. The van der Waals surface area contributed by atoms with Crippen molar-refractivity contribution < 1.29 is 14.3 Å². The van der Waals surface area contributed by atoms with Gasteiger partial charge in [0, 0.05) is 25.1 Å². The molecule has 1 atom stereocenters. The Morgan fingerprint density at radius 2 is 2.21 bits per heavy atom. The molecule has 0 bridgehead atoms. The van der Waals surface area contributed by atoms with Crippen LogP contribution in [0, 0.1) is 0 Å². The molecule has 0 spiro atoms. The Morgan fingerprint density at radius 1 is 1.31 bits per heavy atom. The summed E-state index contributed by atoms with van der Waals surface area (Å²) in [7, 11) is 1.52. The summed E-state index contributed by atoms with van der Waals surface area (Å²) in [6, 6.07) is 8.24. The second-order valence-corrected chi connectivity index (χ2v) is 6.64. The number of methoxy groups -OCH3 is 1. The maximum Gasteiger partial charge on any atom is 0.273 e. The summed E-state index contributed by atoms with van der Waals surface area (Å²) in [6.45, 7) is 0.655. The largest absolute Gasteiger partial charge is 0.481 e. The fourth-order valence-corrected chi connectivity index (χ4v) is 3.20. The highest BCUT2D eigenvalue weighted by Gasteiger charge is 2.18. The van der Waals surface area contributed by atoms with Crippen LogP contribution in [-0.4, -0.2) is 45.6 Å². The molecule has 1 aliphatic heterocycles. The highest BCUT2D eigenvalue weighted by atomic mass is 16.5. The van der Waals surface area contributed by atoms with Crippen molar-refractivity contribution in [3.05, 3.63) is 58.6 Å². The smallest absolute Gasteiger partial charge is 0.273 e. The minimum absolute atomic E-state index is 0.254. The molecule has 2 N–H and O–H groups in total. The lowest BCUT2D eigenvalue weighted by Gasteiger charge is -2.23.